The Labute approximate surface area is 102 Å². The third-order valence-corrected chi connectivity index (χ3v) is 2.45. The second-order valence-electron chi connectivity index (χ2n) is 3.44. The van der Waals surface area contributed by atoms with Crippen LogP contribution in [0.1, 0.15) is 5.56 Å². The highest BCUT2D eigenvalue weighted by atomic mass is 35.5. The van der Waals surface area contributed by atoms with Crippen molar-refractivity contribution in [2.75, 3.05) is 5.32 Å². The van der Waals surface area contributed by atoms with Crippen LogP contribution in [0.4, 0.5) is 14.5 Å². The number of nitrogens with one attached hydrogen (secondary N) is 1. The Hall–Kier alpha value is -1.68. The van der Waals surface area contributed by atoms with Crippen molar-refractivity contribution in [3.8, 4) is 0 Å². The minimum absolute atomic E-state index is 0.125. The second kappa shape index (κ2) is 5.10. The molecule has 5 heteroatoms. The van der Waals surface area contributed by atoms with Crippen LogP contribution in [0.25, 0.3) is 0 Å². The Morgan fingerprint density at radius 3 is 2.71 bits per heavy atom. The van der Waals surface area contributed by atoms with Crippen LogP contribution in [0, 0.1) is 11.6 Å². The van der Waals surface area contributed by atoms with E-state index >= 15 is 0 Å². The molecule has 2 rings (SSSR count). The van der Waals surface area contributed by atoms with Crippen LogP contribution >= 0.6 is 11.6 Å². The van der Waals surface area contributed by atoms with Crippen molar-refractivity contribution in [3.63, 3.8) is 0 Å². The van der Waals surface area contributed by atoms with Crippen LogP contribution in [-0.2, 0) is 6.54 Å². The lowest BCUT2D eigenvalue weighted by Gasteiger charge is -2.07. The maximum absolute atomic E-state index is 13.3. The van der Waals surface area contributed by atoms with E-state index in [-0.39, 0.29) is 5.69 Å². The molecule has 0 saturated carbocycles. The van der Waals surface area contributed by atoms with Gasteiger partial charge >= 0.3 is 0 Å². The first-order valence-electron chi connectivity index (χ1n) is 4.95. The summed E-state index contributed by atoms with van der Waals surface area (Å²) < 4.78 is 26.2. The highest BCUT2D eigenvalue weighted by Gasteiger charge is 2.06. The Morgan fingerprint density at radius 1 is 1.18 bits per heavy atom. The maximum atomic E-state index is 13.3. The van der Waals surface area contributed by atoms with Crippen molar-refractivity contribution in [2.45, 2.75) is 6.54 Å². The Morgan fingerprint density at radius 2 is 2.00 bits per heavy atom. The van der Waals surface area contributed by atoms with Gasteiger partial charge in [-0.25, -0.2) is 13.8 Å². The zero-order valence-electron chi connectivity index (χ0n) is 8.75. The van der Waals surface area contributed by atoms with E-state index in [9.17, 15) is 8.78 Å². The van der Waals surface area contributed by atoms with Gasteiger partial charge in [0.15, 0.2) is 11.6 Å². The van der Waals surface area contributed by atoms with Crippen LogP contribution in [0.5, 0.6) is 0 Å². The topological polar surface area (TPSA) is 24.9 Å². The molecule has 0 saturated heterocycles. The van der Waals surface area contributed by atoms with Gasteiger partial charge in [-0.2, -0.15) is 0 Å². The molecule has 0 aliphatic carbocycles. The van der Waals surface area contributed by atoms with Crippen molar-refractivity contribution in [1.29, 1.82) is 0 Å². The van der Waals surface area contributed by atoms with Crippen molar-refractivity contribution in [2.24, 2.45) is 0 Å². The van der Waals surface area contributed by atoms with E-state index in [1.54, 1.807) is 18.3 Å². The molecule has 17 heavy (non-hydrogen) atoms. The normalized spacial score (nSPS) is 10.3. The van der Waals surface area contributed by atoms with Gasteiger partial charge in [-0.15, -0.1) is 0 Å². The molecular weight excluding hydrogens is 246 g/mol. The summed E-state index contributed by atoms with van der Waals surface area (Å²) in [7, 11) is 0. The zero-order valence-corrected chi connectivity index (χ0v) is 9.51. The summed E-state index contributed by atoms with van der Waals surface area (Å²) in [4.78, 5) is 3.89. The minimum atomic E-state index is -0.880. The molecule has 0 amide bonds. The van der Waals surface area contributed by atoms with E-state index in [1.807, 2.05) is 0 Å². The summed E-state index contributed by atoms with van der Waals surface area (Å²) in [5, 5.41) is 3.19. The fourth-order valence-corrected chi connectivity index (χ4v) is 1.46. The molecule has 0 spiro atoms. The summed E-state index contributed by atoms with van der Waals surface area (Å²) in [5.74, 6) is -1.75. The molecule has 0 aliphatic rings. The number of aromatic nitrogens is 1. The van der Waals surface area contributed by atoms with Gasteiger partial charge in [0, 0.05) is 12.7 Å². The standard InChI is InChI=1S/C12H9ClF2N2/c13-11-5-4-8(7-17-11)6-16-10-3-1-2-9(14)12(10)15/h1-5,7,16H,6H2. The van der Waals surface area contributed by atoms with Gasteiger partial charge in [0.05, 0.1) is 5.69 Å². The maximum Gasteiger partial charge on any atom is 0.181 e. The lowest BCUT2D eigenvalue weighted by molar-refractivity contribution is 0.511. The number of rotatable bonds is 3. The minimum Gasteiger partial charge on any atom is -0.378 e. The number of hydrogen-bond acceptors (Lipinski definition) is 2. The van der Waals surface area contributed by atoms with Crippen molar-refractivity contribution in [3.05, 3.63) is 58.9 Å². The second-order valence-corrected chi connectivity index (χ2v) is 3.83. The zero-order chi connectivity index (χ0) is 12.3. The van der Waals surface area contributed by atoms with E-state index in [0.717, 1.165) is 11.6 Å². The molecule has 2 nitrogen and oxygen atoms in total. The Bertz CT molecular complexity index is 514. The molecule has 1 heterocycles. The molecule has 1 aromatic carbocycles. The van der Waals surface area contributed by atoms with Gasteiger partial charge in [0.2, 0.25) is 0 Å². The van der Waals surface area contributed by atoms with E-state index < -0.39 is 11.6 Å². The largest absolute Gasteiger partial charge is 0.378 e. The van der Waals surface area contributed by atoms with Crippen molar-refractivity contribution in [1.82, 2.24) is 4.98 Å². The summed E-state index contributed by atoms with van der Waals surface area (Å²) >= 11 is 5.63. The van der Waals surface area contributed by atoms with E-state index in [1.165, 1.54) is 12.1 Å². The van der Waals surface area contributed by atoms with E-state index in [2.05, 4.69) is 10.3 Å². The third kappa shape index (κ3) is 2.91. The molecule has 1 aromatic heterocycles. The number of benzene rings is 1. The van der Waals surface area contributed by atoms with Gasteiger partial charge in [0.1, 0.15) is 5.15 Å². The first-order valence-corrected chi connectivity index (χ1v) is 5.33. The highest BCUT2D eigenvalue weighted by molar-refractivity contribution is 6.29. The summed E-state index contributed by atoms with van der Waals surface area (Å²) in [5.41, 5.74) is 0.956. The van der Waals surface area contributed by atoms with Crippen LogP contribution in [0.15, 0.2) is 36.5 Å². The Balaban J connectivity index is 2.07. The molecule has 0 bridgehead atoms. The fraction of sp³-hybridized carbons (Fsp3) is 0.0833. The molecule has 0 aliphatic heterocycles. The van der Waals surface area contributed by atoms with Crippen LogP contribution in [0.2, 0.25) is 5.15 Å². The van der Waals surface area contributed by atoms with Gasteiger partial charge in [0.25, 0.3) is 0 Å². The average Bonchev–Trinajstić information content (AvgIpc) is 2.33. The lowest BCUT2D eigenvalue weighted by Crippen LogP contribution is -2.02. The van der Waals surface area contributed by atoms with Gasteiger partial charge in [-0.3, -0.25) is 0 Å². The number of anilines is 1. The third-order valence-electron chi connectivity index (χ3n) is 2.22. The number of halogens is 3. The summed E-state index contributed by atoms with van der Waals surface area (Å²) in [6, 6.07) is 7.40. The van der Waals surface area contributed by atoms with Crippen LogP contribution in [0.3, 0.4) is 0 Å². The van der Waals surface area contributed by atoms with E-state index in [4.69, 9.17) is 11.6 Å². The lowest BCUT2D eigenvalue weighted by atomic mass is 10.2. The Kier molecular flexibility index (Phi) is 3.54. The highest BCUT2D eigenvalue weighted by Crippen LogP contribution is 2.17. The molecule has 0 atom stereocenters. The molecular formula is C12H9ClF2N2. The van der Waals surface area contributed by atoms with E-state index in [0.29, 0.717) is 11.7 Å². The molecule has 0 fully saturated rings. The SMILES string of the molecule is Fc1cccc(NCc2ccc(Cl)nc2)c1F. The monoisotopic (exact) mass is 254 g/mol. The summed E-state index contributed by atoms with van der Waals surface area (Å²) in [6.45, 7) is 0.352. The first kappa shape index (κ1) is 11.8. The van der Waals surface area contributed by atoms with Crippen molar-refractivity contribution < 1.29 is 8.78 Å². The van der Waals surface area contributed by atoms with Crippen LogP contribution in [-0.4, -0.2) is 4.98 Å². The van der Waals surface area contributed by atoms with Gasteiger partial charge < -0.3 is 5.32 Å². The predicted molar refractivity (Wildman–Crippen MR) is 62.9 cm³/mol. The number of pyridine rings is 1. The molecule has 2 aromatic rings. The smallest absolute Gasteiger partial charge is 0.181 e. The van der Waals surface area contributed by atoms with Gasteiger partial charge in [-0.1, -0.05) is 23.7 Å². The molecule has 88 valence electrons. The van der Waals surface area contributed by atoms with Gasteiger partial charge in [-0.05, 0) is 23.8 Å². The summed E-state index contributed by atoms with van der Waals surface area (Å²) in [6.07, 6.45) is 1.58. The predicted octanol–water partition coefficient (Wildman–Crippen LogP) is 3.63. The molecule has 1 N–H and O–H groups in total. The number of hydrogen-bond donors (Lipinski definition) is 1. The number of nitrogens with zero attached hydrogens (tertiary/aromatic N) is 1. The van der Waals surface area contributed by atoms with Crippen LogP contribution < -0.4 is 5.32 Å². The van der Waals surface area contributed by atoms with Crippen molar-refractivity contribution >= 4 is 17.3 Å². The quantitative estimate of drug-likeness (QED) is 0.846. The average molecular weight is 255 g/mol. The molecule has 0 unspecified atom stereocenters. The fourth-order valence-electron chi connectivity index (χ4n) is 1.35. The first-order chi connectivity index (χ1) is 8.16. The molecule has 0 radical (unpaired) electrons.